The molecule has 1 N–H and O–H groups in total. The second-order valence-electron chi connectivity index (χ2n) is 3.67. The normalized spacial score (nSPS) is 10.5. The Morgan fingerprint density at radius 3 is 3.00 bits per heavy atom. The number of rotatable bonds is 6. The van der Waals surface area contributed by atoms with Gasteiger partial charge in [-0.3, -0.25) is 4.57 Å². The standard InChI is InChI=1S/C11H19N3O/c1-3-12-6-4-5-7-14-9-10(2)8-13-11(14)15/h8-9,12H,3-7H2,1-2H3. The lowest BCUT2D eigenvalue weighted by molar-refractivity contribution is 0.557. The average molecular weight is 209 g/mol. The summed E-state index contributed by atoms with van der Waals surface area (Å²) < 4.78 is 1.68. The van der Waals surface area contributed by atoms with Crippen molar-refractivity contribution in [3.8, 4) is 0 Å². The lowest BCUT2D eigenvalue weighted by Gasteiger charge is -2.05. The van der Waals surface area contributed by atoms with Crippen LogP contribution in [0.15, 0.2) is 17.2 Å². The highest BCUT2D eigenvalue weighted by Gasteiger charge is 1.96. The van der Waals surface area contributed by atoms with Crippen molar-refractivity contribution in [2.45, 2.75) is 33.2 Å². The molecule has 1 aromatic rings. The maximum absolute atomic E-state index is 11.3. The zero-order chi connectivity index (χ0) is 11.1. The molecule has 4 nitrogen and oxygen atoms in total. The molecule has 0 saturated heterocycles. The highest BCUT2D eigenvalue weighted by atomic mass is 16.1. The van der Waals surface area contributed by atoms with E-state index in [1.807, 2.05) is 13.1 Å². The first-order valence-electron chi connectivity index (χ1n) is 5.48. The summed E-state index contributed by atoms with van der Waals surface area (Å²) in [5.41, 5.74) is 0.880. The third-order valence-corrected chi connectivity index (χ3v) is 2.24. The van der Waals surface area contributed by atoms with Crippen molar-refractivity contribution in [3.05, 3.63) is 28.4 Å². The van der Waals surface area contributed by atoms with E-state index in [9.17, 15) is 4.79 Å². The van der Waals surface area contributed by atoms with E-state index in [1.54, 1.807) is 10.8 Å². The third kappa shape index (κ3) is 4.25. The van der Waals surface area contributed by atoms with Gasteiger partial charge in [-0.1, -0.05) is 6.92 Å². The first-order chi connectivity index (χ1) is 7.24. The van der Waals surface area contributed by atoms with E-state index >= 15 is 0 Å². The molecule has 0 unspecified atom stereocenters. The van der Waals surface area contributed by atoms with Gasteiger partial charge in [0.25, 0.3) is 0 Å². The van der Waals surface area contributed by atoms with Crippen LogP contribution in [0.2, 0.25) is 0 Å². The fourth-order valence-electron chi connectivity index (χ4n) is 1.43. The highest BCUT2D eigenvalue weighted by Crippen LogP contribution is 1.94. The van der Waals surface area contributed by atoms with Crippen LogP contribution < -0.4 is 11.0 Å². The minimum Gasteiger partial charge on any atom is -0.317 e. The van der Waals surface area contributed by atoms with Gasteiger partial charge in [0.1, 0.15) is 0 Å². The van der Waals surface area contributed by atoms with Gasteiger partial charge in [0.15, 0.2) is 0 Å². The summed E-state index contributed by atoms with van der Waals surface area (Å²) in [5.74, 6) is 0. The zero-order valence-electron chi connectivity index (χ0n) is 9.49. The van der Waals surface area contributed by atoms with Crippen molar-refractivity contribution in [1.82, 2.24) is 14.9 Å². The topological polar surface area (TPSA) is 46.9 Å². The number of aryl methyl sites for hydroxylation is 2. The number of hydrogen-bond donors (Lipinski definition) is 1. The fourth-order valence-corrected chi connectivity index (χ4v) is 1.43. The van der Waals surface area contributed by atoms with Gasteiger partial charge < -0.3 is 5.32 Å². The second kappa shape index (κ2) is 6.35. The van der Waals surface area contributed by atoms with Crippen LogP contribution in [0.3, 0.4) is 0 Å². The van der Waals surface area contributed by atoms with Crippen molar-refractivity contribution >= 4 is 0 Å². The Bertz CT molecular complexity index is 346. The molecule has 1 rings (SSSR count). The van der Waals surface area contributed by atoms with E-state index in [0.29, 0.717) is 0 Å². The van der Waals surface area contributed by atoms with Gasteiger partial charge in [0.2, 0.25) is 0 Å². The Labute approximate surface area is 90.3 Å². The highest BCUT2D eigenvalue weighted by molar-refractivity contribution is 4.99. The summed E-state index contributed by atoms with van der Waals surface area (Å²) in [6.45, 7) is 6.83. The van der Waals surface area contributed by atoms with E-state index in [-0.39, 0.29) is 5.69 Å². The first-order valence-corrected chi connectivity index (χ1v) is 5.48. The SMILES string of the molecule is CCNCCCCn1cc(C)cnc1=O. The molecule has 15 heavy (non-hydrogen) atoms. The molecule has 0 radical (unpaired) electrons. The second-order valence-corrected chi connectivity index (χ2v) is 3.67. The fraction of sp³-hybridized carbons (Fsp3) is 0.636. The molecule has 0 aliphatic rings. The Morgan fingerprint density at radius 2 is 2.27 bits per heavy atom. The van der Waals surface area contributed by atoms with Gasteiger partial charge in [-0.25, -0.2) is 9.78 Å². The van der Waals surface area contributed by atoms with Crippen LogP contribution in [0.4, 0.5) is 0 Å². The van der Waals surface area contributed by atoms with Crippen LogP contribution in [0.25, 0.3) is 0 Å². The number of nitrogens with one attached hydrogen (secondary N) is 1. The van der Waals surface area contributed by atoms with Crippen molar-refractivity contribution in [2.24, 2.45) is 0 Å². The van der Waals surface area contributed by atoms with E-state index < -0.39 is 0 Å². The van der Waals surface area contributed by atoms with Crippen molar-refractivity contribution in [3.63, 3.8) is 0 Å². The first kappa shape index (κ1) is 11.9. The molecule has 84 valence electrons. The maximum Gasteiger partial charge on any atom is 0.347 e. The van der Waals surface area contributed by atoms with Crippen LogP contribution in [0, 0.1) is 6.92 Å². The van der Waals surface area contributed by atoms with Crippen molar-refractivity contribution < 1.29 is 0 Å². The van der Waals surface area contributed by atoms with Gasteiger partial charge in [0.05, 0.1) is 0 Å². The summed E-state index contributed by atoms with van der Waals surface area (Å²) in [6.07, 6.45) is 5.58. The smallest absolute Gasteiger partial charge is 0.317 e. The van der Waals surface area contributed by atoms with Gasteiger partial charge >= 0.3 is 5.69 Å². The third-order valence-electron chi connectivity index (χ3n) is 2.24. The van der Waals surface area contributed by atoms with E-state index in [1.165, 1.54) is 0 Å². The predicted molar refractivity (Wildman–Crippen MR) is 61.0 cm³/mol. The van der Waals surface area contributed by atoms with E-state index in [2.05, 4.69) is 17.2 Å². The van der Waals surface area contributed by atoms with Crippen LogP contribution in [-0.2, 0) is 6.54 Å². The summed E-state index contributed by atoms with van der Waals surface area (Å²) >= 11 is 0. The molecule has 0 aliphatic heterocycles. The summed E-state index contributed by atoms with van der Waals surface area (Å²) in [7, 11) is 0. The molecule has 0 saturated carbocycles. The molecule has 0 bridgehead atoms. The maximum atomic E-state index is 11.3. The Balaban J connectivity index is 2.37. The van der Waals surface area contributed by atoms with Gasteiger partial charge in [-0.2, -0.15) is 0 Å². The molecule has 0 atom stereocenters. The molecule has 4 heteroatoms. The molecular weight excluding hydrogens is 190 g/mol. The van der Waals surface area contributed by atoms with E-state index in [0.717, 1.165) is 38.0 Å². The molecule has 1 aromatic heterocycles. The molecule has 0 aliphatic carbocycles. The molecule has 0 spiro atoms. The van der Waals surface area contributed by atoms with Gasteiger partial charge in [0, 0.05) is 18.9 Å². The number of hydrogen-bond acceptors (Lipinski definition) is 3. The summed E-state index contributed by atoms with van der Waals surface area (Å²) in [6, 6.07) is 0. The lowest BCUT2D eigenvalue weighted by Crippen LogP contribution is -2.23. The van der Waals surface area contributed by atoms with Crippen LogP contribution in [-0.4, -0.2) is 22.6 Å². The Morgan fingerprint density at radius 1 is 1.47 bits per heavy atom. The minimum absolute atomic E-state index is 0.149. The molecule has 0 aromatic carbocycles. The zero-order valence-corrected chi connectivity index (χ0v) is 9.49. The largest absolute Gasteiger partial charge is 0.347 e. The Hall–Kier alpha value is -1.16. The minimum atomic E-state index is -0.149. The average Bonchev–Trinajstić information content (AvgIpc) is 2.23. The summed E-state index contributed by atoms with van der Waals surface area (Å²) in [4.78, 5) is 15.1. The van der Waals surface area contributed by atoms with Crippen molar-refractivity contribution in [2.75, 3.05) is 13.1 Å². The monoisotopic (exact) mass is 209 g/mol. The number of aromatic nitrogens is 2. The number of unbranched alkanes of at least 4 members (excludes halogenated alkanes) is 1. The molecule has 0 fully saturated rings. The quantitative estimate of drug-likeness (QED) is 0.709. The Kier molecular flexibility index (Phi) is 5.04. The summed E-state index contributed by atoms with van der Waals surface area (Å²) in [5, 5.41) is 3.26. The lowest BCUT2D eigenvalue weighted by atomic mass is 10.3. The van der Waals surface area contributed by atoms with Crippen LogP contribution in [0.5, 0.6) is 0 Å². The van der Waals surface area contributed by atoms with Gasteiger partial charge in [-0.05, 0) is 38.4 Å². The molecule has 0 amide bonds. The van der Waals surface area contributed by atoms with Crippen LogP contribution >= 0.6 is 0 Å². The molecular formula is C11H19N3O. The van der Waals surface area contributed by atoms with Gasteiger partial charge in [-0.15, -0.1) is 0 Å². The van der Waals surface area contributed by atoms with E-state index in [4.69, 9.17) is 0 Å². The predicted octanol–water partition coefficient (Wildman–Crippen LogP) is 0.941. The van der Waals surface area contributed by atoms with Crippen molar-refractivity contribution in [1.29, 1.82) is 0 Å². The number of nitrogens with zero attached hydrogens (tertiary/aromatic N) is 2. The molecule has 1 heterocycles. The van der Waals surface area contributed by atoms with Crippen LogP contribution in [0.1, 0.15) is 25.3 Å².